The average molecular weight is 211 g/mol. The van der Waals surface area contributed by atoms with E-state index in [9.17, 15) is 9.59 Å². The molecule has 1 aliphatic carbocycles. The van der Waals surface area contributed by atoms with Gasteiger partial charge in [-0.25, -0.2) is 0 Å². The molecule has 0 aromatic rings. The minimum atomic E-state index is -0.447. The third-order valence-electron chi connectivity index (χ3n) is 3.01. The van der Waals surface area contributed by atoms with Crippen molar-refractivity contribution in [2.45, 2.75) is 25.3 Å². The molecule has 5 heteroatoms. The molecule has 0 radical (unpaired) electrons. The first-order valence-corrected chi connectivity index (χ1v) is 5.43. The van der Waals surface area contributed by atoms with Crippen LogP contribution in [0.15, 0.2) is 0 Å². The highest BCUT2D eigenvalue weighted by atomic mass is 16.2. The van der Waals surface area contributed by atoms with Gasteiger partial charge in [0.2, 0.25) is 0 Å². The van der Waals surface area contributed by atoms with E-state index in [0.29, 0.717) is 13.1 Å². The van der Waals surface area contributed by atoms with Crippen molar-refractivity contribution < 1.29 is 9.59 Å². The maximum atomic E-state index is 11.7. The number of rotatable bonds is 1. The van der Waals surface area contributed by atoms with Crippen LogP contribution in [0.25, 0.3) is 0 Å². The monoisotopic (exact) mass is 211 g/mol. The minimum Gasteiger partial charge on any atom is -0.343 e. The number of nitrogens with one attached hydrogen (secondary N) is 2. The predicted molar refractivity (Wildman–Crippen MR) is 55.2 cm³/mol. The van der Waals surface area contributed by atoms with E-state index in [2.05, 4.69) is 10.6 Å². The van der Waals surface area contributed by atoms with Gasteiger partial charge in [0.15, 0.2) is 0 Å². The summed E-state index contributed by atoms with van der Waals surface area (Å²) in [6.07, 6.45) is 1.96. The molecular formula is C10H17N3O2. The summed E-state index contributed by atoms with van der Waals surface area (Å²) in [7, 11) is 0. The maximum Gasteiger partial charge on any atom is 0.311 e. The van der Waals surface area contributed by atoms with E-state index in [1.54, 1.807) is 4.90 Å². The van der Waals surface area contributed by atoms with Crippen molar-refractivity contribution in [1.82, 2.24) is 15.5 Å². The van der Waals surface area contributed by atoms with Crippen LogP contribution in [-0.4, -0.2) is 48.4 Å². The van der Waals surface area contributed by atoms with Crippen LogP contribution in [0.3, 0.4) is 0 Å². The number of amides is 2. The van der Waals surface area contributed by atoms with Gasteiger partial charge < -0.3 is 15.5 Å². The Hall–Kier alpha value is -1.10. The van der Waals surface area contributed by atoms with Crippen LogP contribution in [0.5, 0.6) is 0 Å². The number of piperazine rings is 1. The Kier molecular flexibility index (Phi) is 2.65. The highest BCUT2D eigenvalue weighted by molar-refractivity contribution is 6.35. The lowest BCUT2D eigenvalue weighted by Crippen LogP contribution is -2.52. The molecule has 2 amide bonds. The summed E-state index contributed by atoms with van der Waals surface area (Å²) in [6.45, 7) is 4.77. The maximum absolute atomic E-state index is 11.7. The van der Waals surface area contributed by atoms with Crippen molar-refractivity contribution in [2.75, 3.05) is 26.2 Å². The SMILES string of the molecule is CC1(NC(=O)C(=O)N2CCNCC2)CC1. The molecule has 1 heterocycles. The van der Waals surface area contributed by atoms with E-state index >= 15 is 0 Å². The number of hydrogen-bond acceptors (Lipinski definition) is 3. The lowest BCUT2D eigenvalue weighted by Gasteiger charge is -2.27. The topological polar surface area (TPSA) is 61.4 Å². The summed E-state index contributed by atoms with van der Waals surface area (Å²) in [6, 6.07) is 0. The van der Waals surface area contributed by atoms with Crippen LogP contribution >= 0.6 is 0 Å². The molecule has 2 rings (SSSR count). The van der Waals surface area contributed by atoms with Crippen molar-refractivity contribution in [3.63, 3.8) is 0 Å². The molecule has 2 fully saturated rings. The van der Waals surface area contributed by atoms with Crippen molar-refractivity contribution >= 4 is 11.8 Å². The Morgan fingerprint density at radius 3 is 2.40 bits per heavy atom. The molecule has 0 spiro atoms. The van der Waals surface area contributed by atoms with Gasteiger partial charge in [-0.05, 0) is 19.8 Å². The molecule has 1 aliphatic heterocycles. The Balaban J connectivity index is 1.86. The first kappa shape index (κ1) is 10.4. The van der Waals surface area contributed by atoms with Crippen LogP contribution in [-0.2, 0) is 9.59 Å². The zero-order valence-electron chi connectivity index (χ0n) is 9.01. The fourth-order valence-electron chi connectivity index (χ4n) is 1.65. The third kappa shape index (κ3) is 2.47. The molecule has 0 atom stereocenters. The zero-order chi connectivity index (χ0) is 10.9. The van der Waals surface area contributed by atoms with E-state index in [1.807, 2.05) is 6.92 Å². The van der Waals surface area contributed by atoms with Gasteiger partial charge in [-0.1, -0.05) is 0 Å². The first-order chi connectivity index (χ1) is 7.11. The minimum absolute atomic E-state index is 0.110. The molecule has 5 nitrogen and oxygen atoms in total. The highest BCUT2D eigenvalue weighted by Crippen LogP contribution is 2.34. The summed E-state index contributed by atoms with van der Waals surface area (Å²) in [5.41, 5.74) is -0.110. The highest BCUT2D eigenvalue weighted by Gasteiger charge is 2.40. The van der Waals surface area contributed by atoms with E-state index in [4.69, 9.17) is 0 Å². The zero-order valence-corrected chi connectivity index (χ0v) is 9.01. The van der Waals surface area contributed by atoms with Gasteiger partial charge in [-0.3, -0.25) is 9.59 Å². The third-order valence-corrected chi connectivity index (χ3v) is 3.01. The van der Waals surface area contributed by atoms with Gasteiger partial charge in [0.25, 0.3) is 0 Å². The van der Waals surface area contributed by atoms with E-state index in [1.165, 1.54) is 0 Å². The van der Waals surface area contributed by atoms with Gasteiger partial charge >= 0.3 is 11.8 Å². The van der Waals surface area contributed by atoms with Crippen LogP contribution in [0.1, 0.15) is 19.8 Å². The second-order valence-corrected chi connectivity index (χ2v) is 4.56. The second kappa shape index (κ2) is 3.81. The van der Waals surface area contributed by atoms with Gasteiger partial charge in [-0.2, -0.15) is 0 Å². The summed E-state index contributed by atoms with van der Waals surface area (Å²) in [4.78, 5) is 24.9. The fraction of sp³-hybridized carbons (Fsp3) is 0.800. The molecule has 0 aromatic heterocycles. The van der Waals surface area contributed by atoms with Crippen LogP contribution in [0.4, 0.5) is 0 Å². The molecule has 2 N–H and O–H groups in total. The van der Waals surface area contributed by atoms with Crippen LogP contribution < -0.4 is 10.6 Å². The number of carbonyl (C=O) groups is 2. The molecule has 0 bridgehead atoms. The van der Waals surface area contributed by atoms with Gasteiger partial charge in [0, 0.05) is 31.7 Å². The molecule has 15 heavy (non-hydrogen) atoms. The van der Waals surface area contributed by atoms with Crippen molar-refractivity contribution in [3.8, 4) is 0 Å². The Bertz CT molecular complexity index is 280. The molecule has 0 aromatic carbocycles. The molecule has 1 saturated heterocycles. The average Bonchev–Trinajstić information content (AvgIpc) is 2.96. The van der Waals surface area contributed by atoms with Gasteiger partial charge in [-0.15, -0.1) is 0 Å². The van der Waals surface area contributed by atoms with Gasteiger partial charge in [0.05, 0.1) is 0 Å². The van der Waals surface area contributed by atoms with Crippen LogP contribution in [0.2, 0.25) is 0 Å². The lowest BCUT2D eigenvalue weighted by atomic mass is 10.3. The van der Waals surface area contributed by atoms with Crippen LogP contribution in [0, 0.1) is 0 Å². The quantitative estimate of drug-likeness (QED) is 0.552. The number of carbonyl (C=O) groups excluding carboxylic acids is 2. The van der Waals surface area contributed by atoms with Crippen molar-refractivity contribution in [3.05, 3.63) is 0 Å². The second-order valence-electron chi connectivity index (χ2n) is 4.56. The van der Waals surface area contributed by atoms with Gasteiger partial charge in [0.1, 0.15) is 0 Å². The van der Waals surface area contributed by atoms with E-state index < -0.39 is 5.91 Å². The number of nitrogens with zero attached hydrogens (tertiary/aromatic N) is 1. The predicted octanol–water partition coefficient (Wildman–Crippen LogP) is -0.913. The smallest absolute Gasteiger partial charge is 0.311 e. The molecule has 2 aliphatic rings. The van der Waals surface area contributed by atoms with Crippen molar-refractivity contribution in [1.29, 1.82) is 0 Å². The van der Waals surface area contributed by atoms with Crippen molar-refractivity contribution in [2.24, 2.45) is 0 Å². The fourth-order valence-corrected chi connectivity index (χ4v) is 1.65. The summed E-state index contributed by atoms with van der Waals surface area (Å²) < 4.78 is 0. The molecule has 84 valence electrons. The molecule has 1 saturated carbocycles. The van der Waals surface area contributed by atoms with E-state index in [0.717, 1.165) is 25.9 Å². The Morgan fingerprint density at radius 2 is 1.87 bits per heavy atom. The largest absolute Gasteiger partial charge is 0.343 e. The van der Waals surface area contributed by atoms with E-state index in [-0.39, 0.29) is 11.4 Å². The summed E-state index contributed by atoms with van der Waals surface area (Å²) in [5, 5.41) is 5.92. The summed E-state index contributed by atoms with van der Waals surface area (Å²) in [5.74, 6) is -0.832. The molecular weight excluding hydrogens is 194 g/mol. The number of hydrogen-bond donors (Lipinski definition) is 2. The molecule has 0 unspecified atom stereocenters. The Labute approximate surface area is 89.2 Å². The normalized spacial score (nSPS) is 23.4. The summed E-state index contributed by atoms with van der Waals surface area (Å²) >= 11 is 0. The first-order valence-electron chi connectivity index (χ1n) is 5.43. The Morgan fingerprint density at radius 1 is 1.27 bits per heavy atom. The standard InChI is InChI=1S/C10H17N3O2/c1-10(2-3-10)12-8(14)9(15)13-6-4-11-5-7-13/h11H,2-7H2,1H3,(H,12,14). The lowest BCUT2D eigenvalue weighted by molar-refractivity contribution is -0.146.